The lowest BCUT2D eigenvalue weighted by Gasteiger charge is -2.19. The number of rotatable bonds is 10. The smallest absolute Gasteiger partial charge is 0.453 e. The van der Waals surface area contributed by atoms with Gasteiger partial charge in [0.15, 0.2) is 0 Å². The van der Waals surface area contributed by atoms with Crippen LogP contribution in [0.1, 0.15) is 19.3 Å². The Bertz CT molecular complexity index is 240. The maximum Gasteiger partial charge on any atom is 0.453 e. The Hall–Kier alpha value is -0.120. The highest BCUT2D eigenvalue weighted by Gasteiger charge is 2.56. The molecular formula is C10H18F5NO2S. The zero-order chi connectivity index (χ0) is 14.9. The Balaban J connectivity index is 3.66. The first-order valence-corrected chi connectivity index (χ1v) is 7.30. The predicted octanol–water partition coefficient (Wildman–Crippen LogP) is 1.68. The van der Waals surface area contributed by atoms with E-state index in [1.165, 1.54) is 0 Å². The van der Waals surface area contributed by atoms with Gasteiger partial charge in [-0.1, -0.05) is 11.2 Å². The fraction of sp³-hybridized carbons (Fsp3) is 1.00. The Morgan fingerprint density at radius 1 is 1.00 bits per heavy atom. The van der Waals surface area contributed by atoms with Crippen LogP contribution in [0.25, 0.3) is 0 Å². The SMILES string of the molecule is [O-][S+](CCCNCCO)CCCC(F)(F)C(F)(F)F. The maximum atomic E-state index is 12.5. The summed E-state index contributed by atoms with van der Waals surface area (Å²) >= 11 is -1.39. The quantitative estimate of drug-likeness (QED) is 0.367. The summed E-state index contributed by atoms with van der Waals surface area (Å²) in [6, 6.07) is 0. The second-order valence-electron chi connectivity index (χ2n) is 3.98. The lowest BCUT2D eigenvalue weighted by Crippen LogP contribution is -2.36. The second-order valence-corrected chi connectivity index (χ2v) is 5.68. The second kappa shape index (κ2) is 8.93. The molecule has 0 rings (SSSR count). The summed E-state index contributed by atoms with van der Waals surface area (Å²) in [6.45, 7) is 0.908. The third-order valence-electron chi connectivity index (χ3n) is 2.29. The number of alkyl halides is 5. The molecule has 0 aliphatic rings. The van der Waals surface area contributed by atoms with Gasteiger partial charge >= 0.3 is 12.1 Å². The maximum absolute atomic E-state index is 12.5. The molecule has 0 heterocycles. The molecule has 0 aliphatic carbocycles. The highest BCUT2D eigenvalue weighted by Crippen LogP contribution is 2.38. The molecule has 19 heavy (non-hydrogen) atoms. The van der Waals surface area contributed by atoms with Gasteiger partial charge in [0.25, 0.3) is 0 Å². The Morgan fingerprint density at radius 3 is 2.11 bits per heavy atom. The van der Waals surface area contributed by atoms with Crippen molar-refractivity contribution < 1.29 is 31.6 Å². The molecule has 0 aromatic carbocycles. The van der Waals surface area contributed by atoms with Gasteiger partial charge in [-0.2, -0.15) is 22.0 Å². The fourth-order valence-corrected chi connectivity index (χ4v) is 2.40. The van der Waals surface area contributed by atoms with Crippen LogP contribution in [0, 0.1) is 0 Å². The number of hydrogen-bond donors (Lipinski definition) is 2. The highest BCUT2D eigenvalue weighted by atomic mass is 32.2. The molecule has 0 bridgehead atoms. The van der Waals surface area contributed by atoms with Crippen LogP contribution in [0.5, 0.6) is 0 Å². The van der Waals surface area contributed by atoms with Crippen molar-refractivity contribution in [3.8, 4) is 0 Å². The van der Waals surface area contributed by atoms with E-state index >= 15 is 0 Å². The summed E-state index contributed by atoms with van der Waals surface area (Å²) in [5.74, 6) is -4.62. The van der Waals surface area contributed by atoms with Gasteiger partial charge < -0.3 is 15.0 Å². The molecule has 0 amide bonds. The van der Waals surface area contributed by atoms with E-state index in [9.17, 15) is 26.5 Å². The summed E-state index contributed by atoms with van der Waals surface area (Å²) in [5.41, 5.74) is 0. The number of aliphatic hydroxyl groups excluding tert-OH is 1. The molecule has 2 N–H and O–H groups in total. The summed E-state index contributed by atoms with van der Waals surface area (Å²) in [7, 11) is 0. The van der Waals surface area contributed by atoms with E-state index in [4.69, 9.17) is 5.11 Å². The zero-order valence-corrected chi connectivity index (χ0v) is 11.1. The molecule has 1 unspecified atom stereocenters. The molecular weight excluding hydrogens is 293 g/mol. The Morgan fingerprint density at radius 2 is 1.58 bits per heavy atom. The van der Waals surface area contributed by atoms with Crippen LogP contribution < -0.4 is 5.32 Å². The fourth-order valence-electron chi connectivity index (χ4n) is 1.26. The van der Waals surface area contributed by atoms with E-state index in [1.807, 2.05) is 0 Å². The van der Waals surface area contributed by atoms with E-state index in [2.05, 4.69) is 5.32 Å². The molecule has 0 fully saturated rings. The molecule has 0 aliphatic heterocycles. The monoisotopic (exact) mass is 311 g/mol. The third kappa shape index (κ3) is 8.61. The molecule has 0 aromatic heterocycles. The number of halogens is 5. The summed E-state index contributed by atoms with van der Waals surface area (Å²) < 4.78 is 71.8. The van der Waals surface area contributed by atoms with Crippen molar-refractivity contribution in [2.45, 2.75) is 31.4 Å². The summed E-state index contributed by atoms with van der Waals surface area (Å²) in [6.07, 6.45) is -6.78. The van der Waals surface area contributed by atoms with Gasteiger partial charge in [0.05, 0.1) is 6.61 Å². The molecule has 0 saturated heterocycles. The highest BCUT2D eigenvalue weighted by molar-refractivity contribution is 7.91. The van der Waals surface area contributed by atoms with Crippen LogP contribution >= 0.6 is 0 Å². The van der Waals surface area contributed by atoms with Gasteiger partial charge in [-0.25, -0.2) is 0 Å². The lowest BCUT2D eigenvalue weighted by molar-refractivity contribution is -0.284. The van der Waals surface area contributed by atoms with Gasteiger partial charge in [-0.05, 0) is 13.0 Å². The molecule has 0 saturated carbocycles. The van der Waals surface area contributed by atoms with E-state index in [1.54, 1.807) is 0 Å². The van der Waals surface area contributed by atoms with Crippen LogP contribution in [0.15, 0.2) is 0 Å². The summed E-state index contributed by atoms with van der Waals surface area (Å²) in [5, 5.41) is 11.3. The minimum Gasteiger partial charge on any atom is -0.616 e. The summed E-state index contributed by atoms with van der Waals surface area (Å²) in [4.78, 5) is 0. The van der Waals surface area contributed by atoms with Gasteiger partial charge in [0.2, 0.25) is 0 Å². The number of hydrogen-bond acceptors (Lipinski definition) is 3. The first-order valence-electron chi connectivity index (χ1n) is 5.82. The van der Waals surface area contributed by atoms with Crippen molar-refractivity contribution >= 4 is 11.2 Å². The molecule has 116 valence electrons. The van der Waals surface area contributed by atoms with Crippen molar-refractivity contribution in [3.63, 3.8) is 0 Å². The molecule has 3 nitrogen and oxygen atoms in total. The Kier molecular flexibility index (Phi) is 8.88. The zero-order valence-electron chi connectivity index (χ0n) is 10.3. The van der Waals surface area contributed by atoms with Crippen molar-refractivity contribution in [1.29, 1.82) is 0 Å². The Labute approximate surface area is 111 Å². The van der Waals surface area contributed by atoms with Crippen molar-refractivity contribution in [3.05, 3.63) is 0 Å². The topological polar surface area (TPSA) is 55.3 Å². The van der Waals surface area contributed by atoms with Crippen LogP contribution in [0.2, 0.25) is 0 Å². The van der Waals surface area contributed by atoms with Crippen LogP contribution in [0.3, 0.4) is 0 Å². The predicted molar refractivity (Wildman–Crippen MR) is 62.7 cm³/mol. The van der Waals surface area contributed by atoms with Crippen LogP contribution in [0.4, 0.5) is 22.0 Å². The van der Waals surface area contributed by atoms with E-state index in [0.717, 1.165) is 0 Å². The number of nitrogens with one attached hydrogen (secondary N) is 1. The third-order valence-corrected chi connectivity index (χ3v) is 3.78. The van der Waals surface area contributed by atoms with Gasteiger partial charge in [-0.3, -0.25) is 0 Å². The van der Waals surface area contributed by atoms with Crippen molar-refractivity contribution in [2.75, 3.05) is 31.2 Å². The molecule has 9 heteroatoms. The lowest BCUT2D eigenvalue weighted by atomic mass is 10.2. The van der Waals surface area contributed by atoms with E-state index < -0.39 is 36.1 Å². The van der Waals surface area contributed by atoms with Crippen molar-refractivity contribution in [2.24, 2.45) is 0 Å². The van der Waals surface area contributed by atoms with Gasteiger partial charge in [0, 0.05) is 19.4 Å². The first-order chi connectivity index (χ1) is 8.70. The van der Waals surface area contributed by atoms with Crippen LogP contribution in [-0.2, 0) is 11.2 Å². The van der Waals surface area contributed by atoms with E-state index in [-0.39, 0.29) is 18.1 Å². The van der Waals surface area contributed by atoms with Crippen molar-refractivity contribution in [1.82, 2.24) is 5.32 Å². The van der Waals surface area contributed by atoms with E-state index in [0.29, 0.717) is 19.5 Å². The van der Waals surface area contributed by atoms with Crippen LogP contribution in [-0.4, -0.2) is 53.0 Å². The molecule has 1 atom stereocenters. The minimum atomic E-state index is -5.54. The average molecular weight is 311 g/mol. The minimum absolute atomic E-state index is 0.0182. The van der Waals surface area contributed by atoms with Gasteiger partial charge in [-0.15, -0.1) is 0 Å². The molecule has 0 radical (unpaired) electrons. The normalized spacial score (nSPS) is 14.7. The standard InChI is InChI=1S/C10H18F5NO2S/c11-9(12,10(13,14)15)3-1-7-19(18)8-2-4-16-5-6-17/h16-17H,1-8H2. The average Bonchev–Trinajstić information content (AvgIpc) is 2.27. The molecule has 0 spiro atoms. The first kappa shape index (κ1) is 18.9. The largest absolute Gasteiger partial charge is 0.616 e. The molecule has 0 aromatic rings. The number of aliphatic hydroxyl groups is 1. The van der Waals surface area contributed by atoms with Gasteiger partial charge in [0.1, 0.15) is 11.5 Å².